The number of aromatic nitrogens is 1. The molecule has 0 aliphatic carbocycles. The Kier molecular flexibility index (Phi) is 9.02. The van der Waals surface area contributed by atoms with Gasteiger partial charge in [-0.15, -0.1) is 0 Å². The van der Waals surface area contributed by atoms with Crippen molar-refractivity contribution in [3.05, 3.63) is 71.5 Å². The third-order valence-electron chi connectivity index (χ3n) is 5.37. The predicted molar refractivity (Wildman–Crippen MR) is 129 cm³/mol. The van der Waals surface area contributed by atoms with Crippen LogP contribution in [0, 0.1) is 0 Å². The van der Waals surface area contributed by atoms with Crippen LogP contribution in [-0.4, -0.2) is 35.6 Å². The van der Waals surface area contributed by atoms with Crippen molar-refractivity contribution in [3.63, 3.8) is 0 Å². The molecular formula is C26H20F6N3O5-. The molecule has 2 aromatic carbocycles. The zero-order chi connectivity index (χ0) is 29.7. The number of ether oxygens (including phenoxy) is 1. The van der Waals surface area contributed by atoms with E-state index < -0.39 is 65.9 Å². The Morgan fingerprint density at radius 2 is 1.65 bits per heavy atom. The number of hydrogen-bond donors (Lipinski definition) is 2. The van der Waals surface area contributed by atoms with Crippen LogP contribution in [0.3, 0.4) is 0 Å². The van der Waals surface area contributed by atoms with Gasteiger partial charge in [0.1, 0.15) is 11.8 Å². The number of pyridine rings is 1. The van der Waals surface area contributed by atoms with Crippen LogP contribution in [0.5, 0.6) is 5.75 Å². The summed E-state index contributed by atoms with van der Waals surface area (Å²) in [5.41, 5.74) is -1.00. The molecule has 212 valence electrons. The first kappa shape index (κ1) is 29.9. The number of ketones is 1. The van der Waals surface area contributed by atoms with Gasteiger partial charge in [0.15, 0.2) is 12.4 Å². The van der Waals surface area contributed by atoms with Crippen molar-refractivity contribution in [2.24, 2.45) is 0 Å². The van der Waals surface area contributed by atoms with E-state index in [1.165, 1.54) is 12.1 Å². The summed E-state index contributed by atoms with van der Waals surface area (Å²) >= 11 is 0. The molecule has 1 heterocycles. The molecule has 3 aromatic rings. The average molecular weight is 568 g/mol. The molecule has 1 aromatic heterocycles. The van der Waals surface area contributed by atoms with Crippen molar-refractivity contribution in [2.75, 3.05) is 17.2 Å². The van der Waals surface area contributed by atoms with E-state index in [2.05, 4.69) is 9.72 Å². The molecule has 3 rings (SSSR count). The minimum Gasteiger partial charge on any atom is -0.530 e. The number of nitrogens with zero attached hydrogens (tertiary/aromatic N) is 1. The van der Waals surface area contributed by atoms with Crippen LogP contribution in [0.2, 0.25) is 0 Å². The van der Waals surface area contributed by atoms with Crippen LogP contribution in [0.1, 0.15) is 35.0 Å². The van der Waals surface area contributed by atoms with Gasteiger partial charge in [0.2, 0.25) is 5.91 Å². The number of nitrogens with one attached hydrogen (secondary N) is 2. The number of aryl methyl sites for hydroxylation is 1. The number of anilines is 2. The number of hydrogen-bond acceptors (Lipinski definition) is 6. The molecular weight excluding hydrogens is 548 g/mol. The number of carboxylic acid groups (broad SMARTS) is 1. The van der Waals surface area contributed by atoms with E-state index in [-0.39, 0.29) is 11.6 Å². The highest BCUT2D eigenvalue weighted by Crippen LogP contribution is 2.42. The van der Waals surface area contributed by atoms with E-state index in [1.807, 2.05) is 12.2 Å². The van der Waals surface area contributed by atoms with Crippen molar-refractivity contribution in [1.82, 2.24) is 4.98 Å². The van der Waals surface area contributed by atoms with Crippen molar-refractivity contribution < 1.29 is 50.6 Å². The van der Waals surface area contributed by atoms with E-state index in [9.17, 15) is 45.8 Å². The Hall–Kier alpha value is -4.62. The van der Waals surface area contributed by atoms with Crippen LogP contribution < -0.4 is 20.5 Å². The second-order valence-corrected chi connectivity index (χ2v) is 8.29. The SMILES string of the molecule is CCc1ncccc1-c1cccc(C(=O)CC(=O)Nc2cc(C(F)(F)F)c(OCC(F)(F)F)cc2NC(=O)[O-])c1. The summed E-state index contributed by atoms with van der Waals surface area (Å²) in [7, 11) is 0. The first-order valence-corrected chi connectivity index (χ1v) is 11.5. The number of carbonyl (C=O) groups excluding carboxylic acids is 3. The fraction of sp³-hybridized carbons (Fsp3) is 0.231. The van der Waals surface area contributed by atoms with E-state index in [1.54, 1.807) is 35.8 Å². The number of amides is 2. The van der Waals surface area contributed by atoms with Crippen LogP contribution >= 0.6 is 0 Å². The third kappa shape index (κ3) is 7.94. The maximum absolute atomic E-state index is 13.6. The van der Waals surface area contributed by atoms with Gasteiger partial charge >= 0.3 is 12.4 Å². The number of alkyl halides is 6. The van der Waals surface area contributed by atoms with Crippen LogP contribution in [0.25, 0.3) is 11.1 Å². The summed E-state index contributed by atoms with van der Waals surface area (Å²) in [4.78, 5) is 40.7. The highest BCUT2D eigenvalue weighted by atomic mass is 19.4. The zero-order valence-corrected chi connectivity index (χ0v) is 20.6. The summed E-state index contributed by atoms with van der Waals surface area (Å²) in [5, 5.41) is 14.6. The molecule has 8 nitrogen and oxygen atoms in total. The lowest BCUT2D eigenvalue weighted by Gasteiger charge is -2.20. The number of benzene rings is 2. The smallest absolute Gasteiger partial charge is 0.422 e. The Bertz CT molecular complexity index is 1420. The monoisotopic (exact) mass is 568 g/mol. The van der Waals surface area contributed by atoms with Gasteiger partial charge in [-0.1, -0.05) is 31.2 Å². The van der Waals surface area contributed by atoms with Crippen LogP contribution in [0.4, 0.5) is 42.5 Å². The van der Waals surface area contributed by atoms with E-state index in [0.717, 1.165) is 11.3 Å². The molecule has 0 aliphatic heterocycles. The Morgan fingerprint density at radius 1 is 0.950 bits per heavy atom. The number of rotatable bonds is 9. The Morgan fingerprint density at radius 3 is 2.27 bits per heavy atom. The standard InChI is InChI=1S/C26H21F6N3O5/c1-2-18-16(7-4-8-33-18)14-5-3-6-15(9-14)21(36)12-23(37)34-19-10-17(26(30,31)32)22(40-13-25(27,28)29)11-20(19)35-24(38)39/h3-11,35H,2,12-13H2,1H3,(H,34,37)(H,38,39)/p-1. The third-order valence-corrected chi connectivity index (χ3v) is 5.37. The first-order valence-electron chi connectivity index (χ1n) is 11.5. The summed E-state index contributed by atoms with van der Waals surface area (Å²) in [6, 6.07) is 10.3. The second kappa shape index (κ2) is 12.1. The molecule has 0 fully saturated rings. The van der Waals surface area contributed by atoms with Gasteiger partial charge in [-0.25, -0.2) is 0 Å². The Balaban J connectivity index is 1.88. The molecule has 0 radical (unpaired) electrons. The van der Waals surface area contributed by atoms with Gasteiger partial charge in [-0.3, -0.25) is 14.6 Å². The molecule has 0 bridgehead atoms. The van der Waals surface area contributed by atoms with Gasteiger partial charge < -0.3 is 25.3 Å². The van der Waals surface area contributed by atoms with Crippen molar-refractivity contribution in [2.45, 2.75) is 32.1 Å². The van der Waals surface area contributed by atoms with Crippen molar-refractivity contribution >= 4 is 29.2 Å². The highest BCUT2D eigenvalue weighted by molar-refractivity contribution is 6.12. The van der Waals surface area contributed by atoms with Gasteiger partial charge in [0, 0.05) is 29.1 Å². The van der Waals surface area contributed by atoms with Crippen LogP contribution in [-0.2, 0) is 17.4 Å². The Labute approximate surface area is 223 Å². The fourth-order valence-corrected chi connectivity index (χ4v) is 3.68. The predicted octanol–water partition coefficient (Wildman–Crippen LogP) is 5.24. The lowest BCUT2D eigenvalue weighted by molar-refractivity contribution is -0.242. The fourth-order valence-electron chi connectivity index (χ4n) is 3.68. The quantitative estimate of drug-likeness (QED) is 0.207. The van der Waals surface area contributed by atoms with Crippen molar-refractivity contribution in [3.8, 4) is 16.9 Å². The van der Waals surface area contributed by atoms with Gasteiger partial charge in [-0.05, 0) is 30.2 Å². The summed E-state index contributed by atoms with van der Waals surface area (Å²) in [6.07, 6.45) is -10.9. The van der Waals surface area contributed by atoms with Gasteiger partial charge in [-0.2, -0.15) is 26.3 Å². The molecule has 0 aliphatic rings. The number of carbonyl (C=O) groups is 3. The normalized spacial score (nSPS) is 11.6. The molecule has 0 spiro atoms. The topological polar surface area (TPSA) is 120 Å². The first-order chi connectivity index (χ1) is 18.7. The van der Waals surface area contributed by atoms with E-state index in [4.69, 9.17) is 0 Å². The molecule has 0 atom stereocenters. The van der Waals surface area contributed by atoms with Crippen molar-refractivity contribution in [1.29, 1.82) is 0 Å². The molecule has 2 amide bonds. The minimum absolute atomic E-state index is 0.110. The summed E-state index contributed by atoms with van der Waals surface area (Å²) in [5.74, 6) is -3.18. The second-order valence-electron chi connectivity index (χ2n) is 8.29. The number of Topliss-reactive ketones (excluding diaryl/α,β-unsaturated/α-hetero) is 1. The lowest BCUT2D eigenvalue weighted by atomic mass is 9.98. The largest absolute Gasteiger partial charge is 0.530 e. The lowest BCUT2D eigenvalue weighted by Crippen LogP contribution is -2.30. The molecule has 40 heavy (non-hydrogen) atoms. The zero-order valence-electron chi connectivity index (χ0n) is 20.6. The average Bonchev–Trinajstić information content (AvgIpc) is 2.87. The van der Waals surface area contributed by atoms with Gasteiger partial charge in [0.05, 0.1) is 23.4 Å². The van der Waals surface area contributed by atoms with E-state index in [0.29, 0.717) is 18.1 Å². The molecule has 14 heteroatoms. The minimum atomic E-state index is -5.25. The molecule has 0 unspecified atom stereocenters. The maximum atomic E-state index is 13.6. The van der Waals surface area contributed by atoms with Crippen LogP contribution in [0.15, 0.2) is 54.7 Å². The highest BCUT2D eigenvalue weighted by Gasteiger charge is 2.37. The van der Waals surface area contributed by atoms with Gasteiger partial charge in [0.25, 0.3) is 0 Å². The van der Waals surface area contributed by atoms with E-state index >= 15 is 0 Å². The molecule has 0 saturated carbocycles. The molecule has 0 saturated heterocycles. The summed E-state index contributed by atoms with van der Waals surface area (Å²) < 4.78 is 82.5. The summed E-state index contributed by atoms with van der Waals surface area (Å²) in [6.45, 7) is -0.202. The molecule has 2 N–H and O–H groups in total. The maximum Gasteiger partial charge on any atom is 0.422 e. The number of halogens is 6.